The fourth-order valence-electron chi connectivity index (χ4n) is 3.27. The summed E-state index contributed by atoms with van der Waals surface area (Å²) in [5, 5.41) is 11.6. The Morgan fingerprint density at radius 2 is 1.34 bits per heavy atom. The van der Waals surface area contributed by atoms with Gasteiger partial charge in [-0.1, -0.05) is 48.5 Å². The summed E-state index contributed by atoms with van der Waals surface area (Å²) in [6.07, 6.45) is -10.0. The number of aliphatic hydroxyl groups is 1. The lowest BCUT2D eigenvalue weighted by Crippen LogP contribution is -2.46. The molecule has 0 heterocycles. The molecule has 32 heavy (non-hydrogen) atoms. The molecular formula is C23H25F6NO2. The summed E-state index contributed by atoms with van der Waals surface area (Å²) in [7, 11) is 0. The van der Waals surface area contributed by atoms with Crippen molar-refractivity contribution >= 4 is 5.78 Å². The average Bonchev–Trinajstić information content (AvgIpc) is 2.69. The maximum absolute atomic E-state index is 14.0. The number of alkyl halides is 6. The predicted octanol–water partition coefficient (Wildman–Crippen LogP) is 5.94. The van der Waals surface area contributed by atoms with E-state index in [2.05, 4.69) is 5.32 Å². The normalized spacial score (nSPS) is 15.5. The molecule has 0 saturated carbocycles. The summed E-state index contributed by atoms with van der Waals surface area (Å²) in [5.74, 6) is -0.604. The van der Waals surface area contributed by atoms with Crippen LogP contribution in [0.5, 0.6) is 0 Å². The number of aliphatic hydroxyl groups excluding tert-OH is 1. The number of benzene rings is 2. The third kappa shape index (κ3) is 7.06. The van der Waals surface area contributed by atoms with Crippen molar-refractivity contribution in [2.45, 2.75) is 63.7 Å². The van der Waals surface area contributed by atoms with E-state index < -0.39 is 48.7 Å². The lowest BCUT2D eigenvalue weighted by molar-refractivity contribution is -0.161. The zero-order valence-corrected chi connectivity index (χ0v) is 17.8. The summed E-state index contributed by atoms with van der Waals surface area (Å²) in [4.78, 5) is 11.8. The molecule has 176 valence electrons. The standard InChI is InChI=1S/C23H25F6NO2/c1-13(31)18(12-22(2,3)26)30-20(23(27,28)29)17-10-6-15(7-11-17)14-4-8-16(9-5-14)19(32)21(24)25/h4-11,18-21,30,32H,12H2,1-3H3/t18-,19+,20-/m0/s1. The van der Waals surface area contributed by atoms with Crippen molar-refractivity contribution in [3.05, 3.63) is 59.7 Å². The van der Waals surface area contributed by atoms with Crippen LogP contribution in [0.15, 0.2) is 48.5 Å². The van der Waals surface area contributed by atoms with Crippen LogP contribution in [-0.2, 0) is 4.79 Å². The van der Waals surface area contributed by atoms with Crippen LogP contribution in [0.25, 0.3) is 11.1 Å². The molecule has 0 fully saturated rings. The van der Waals surface area contributed by atoms with Crippen LogP contribution >= 0.6 is 0 Å². The Bertz CT molecular complexity index is 889. The third-order valence-corrected chi connectivity index (χ3v) is 4.94. The van der Waals surface area contributed by atoms with Crippen LogP contribution in [-0.4, -0.2) is 35.2 Å². The van der Waals surface area contributed by atoms with E-state index in [4.69, 9.17) is 0 Å². The quantitative estimate of drug-likeness (QED) is 0.455. The fraction of sp³-hybridized carbons (Fsp3) is 0.435. The summed E-state index contributed by atoms with van der Waals surface area (Å²) in [5.41, 5.74) is -0.894. The molecule has 0 spiro atoms. The van der Waals surface area contributed by atoms with Gasteiger partial charge in [-0.25, -0.2) is 13.2 Å². The molecule has 2 rings (SSSR count). The van der Waals surface area contributed by atoms with Gasteiger partial charge < -0.3 is 5.11 Å². The molecule has 0 aliphatic heterocycles. The Balaban J connectivity index is 2.27. The van der Waals surface area contributed by atoms with Crippen molar-refractivity contribution < 1.29 is 36.2 Å². The van der Waals surface area contributed by atoms with Crippen LogP contribution in [0.3, 0.4) is 0 Å². The first-order valence-corrected chi connectivity index (χ1v) is 9.87. The molecule has 9 heteroatoms. The molecular weight excluding hydrogens is 436 g/mol. The minimum absolute atomic E-state index is 0.0211. The summed E-state index contributed by atoms with van der Waals surface area (Å²) < 4.78 is 80.3. The van der Waals surface area contributed by atoms with Gasteiger partial charge in [-0.05, 0) is 43.0 Å². The second-order valence-corrected chi connectivity index (χ2v) is 8.25. The van der Waals surface area contributed by atoms with Crippen LogP contribution in [0.4, 0.5) is 26.3 Å². The molecule has 0 aliphatic rings. The van der Waals surface area contributed by atoms with Gasteiger partial charge in [0.05, 0.1) is 6.04 Å². The van der Waals surface area contributed by atoms with E-state index in [0.29, 0.717) is 11.1 Å². The topological polar surface area (TPSA) is 49.3 Å². The van der Waals surface area contributed by atoms with Gasteiger partial charge in [-0.3, -0.25) is 10.1 Å². The molecule has 0 amide bonds. The van der Waals surface area contributed by atoms with Gasteiger partial charge in [-0.2, -0.15) is 13.2 Å². The van der Waals surface area contributed by atoms with Crippen LogP contribution in [0, 0.1) is 0 Å². The second-order valence-electron chi connectivity index (χ2n) is 8.25. The Morgan fingerprint density at radius 3 is 1.69 bits per heavy atom. The van der Waals surface area contributed by atoms with Crippen molar-refractivity contribution in [1.29, 1.82) is 0 Å². The van der Waals surface area contributed by atoms with E-state index >= 15 is 0 Å². The number of hydrogen-bond donors (Lipinski definition) is 2. The highest BCUT2D eigenvalue weighted by Gasteiger charge is 2.43. The largest absolute Gasteiger partial charge is 0.407 e. The maximum atomic E-state index is 14.0. The average molecular weight is 461 g/mol. The van der Waals surface area contributed by atoms with E-state index in [-0.39, 0.29) is 11.1 Å². The molecule has 0 bridgehead atoms. The molecule has 0 radical (unpaired) electrons. The maximum Gasteiger partial charge on any atom is 0.407 e. The highest BCUT2D eigenvalue weighted by atomic mass is 19.4. The first kappa shape index (κ1) is 25.9. The number of carbonyl (C=O) groups excluding carboxylic acids is 1. The smallest absolute Gasteiger partial charge is 0.382 e. The first-order chi connectivity index (χ1) is 14.7. The minimum atomic E-state index is -4.73. The van der Waals surface area contributed by atoms with Gasteiger partial charge >= 0.3 is 6.18 Å². The lowest BCUT2D eigenvalue weighted by atomic mass is 9.95. The summed E-state index contributed by atoms with van der Waals surface area (Å²) >= 11 is 0. The molecule has 0 unspecified atom stereocenters. The molecule has 3 atom stereocenters. The molecule has 2 aromatic carbocycles. The van der Waals surface area contributed by atoms with E-state index in [9.17, 15) is 36.2 Å². The van der Waals surface area contributed by atoms with E-state index in [1.54, 1.807) is 0 Å². The molecule has 3 nitrogen and oxygen atoms in total. The van der Waals surface area contributed by atoms with Crippen molar-refractivity contribution in [2.75, 3.05) is 0 Å². The van der Waals surface area contributed by atoms with E-state index in [1.807, 2.05) is 0 Å². The molecule has 2 aromatic rings. The first-order valence-electron chi connectivity index (χ1n) is 9.87. The minimum Gasteiger partial charge on any atom is -0.382 e. The van der Waals surface area contributed by atoms with Crippen molar-refractivity contribution in [3.8, 4) is 11.1 Å². The zero-order valence-electron chi connectivity index (χ0n) is 17.8. The van der Waals surface area contributed by atoms with Gasteiger partial charge in [-0.15, -0.1) is 0 Å². The number of nitrogens with one attached hydrogen (secondary N) is 1. The molecule has 0 saturated heterocycles. The Kier molecular flexibility index (Phi) is 8.12. The van der Waals surface area contributed by atoms with E-state index in [1.165, 1.54) is 62.4 Å². The SMILES string of the molecule is CC(=O)[C@H](CC(C)(C)F)N[C@@H](c1ccc(-c2ccc([C@@H](O)C(F)F)cc2)cc1)C(F)(F)F. The molecule has 0 aromatic heterocycles. The van der Waals surface area contributed by atoms with Crippen LogP contribution in [0.2, 0.25) is 0 Å². The predicted molar refractivity (Wildman–Crippen MR) is 109 cm³/mol. The summed E-state index contributed by atoms with van der Waals surface area (Å²) in [6, 6.07) is 7.40. The lowest BCUT2D eigenvalue weighted by Gasteiger charge is -2.29. The Labute approximate surface area is 182 Å². The number of rotatable bonds is 9. The van der Waals surface area contributed by atoms with Crippen LogP contribution in [0.1, 0.15) is 50.5 Å². The molecule has 0 aliphatic carbocycles. The monoisotopic (exact) mass is 461 g/mol. The van der Waals surface area contributed by atoms with Gasteiger partial charge in [0.15, 0.2) is 0 Å². The molecule has 2 N–H and O–H groups in total. The van der Waals surface area contributed by atoms with Crippen LogP contribution < -0.4 is 5.32 Å². The number of halogens is 6. The highest BCUT2D eigenvalue weighted by molar-refractivity contribution is 5.81. The summed E-state index contributed by atoms with van der Waals surface area (Å²) in [6.45, 7) is 3.48. The number of ketones is 1. The third-order valence-electron chi connectivity index (χ3n) is 4.94. The van der Waals surface area contributed by atoms with Gasteiger partial charge in [0.2, 0.25) is 0 Å². The second kappa shape index (κ2) is 10.0. The van der Waals surface area contributed by atoms with Crippen molar-refractivity contribution in [2.24, 2.45) is 0 Å². The van der Waals surface area contributed by atoms with Crippen molar-refractivity contribution in [1.82, 2.24) is 5.32 Å². The number of hydrogen-bond acceptors (Lipinski definition) is 3. The van der Waals surface area contributed by atoms with Crippen molar-refractivity contribution in [3.63, 3.8) is 0 Å². The Morgan fingerprint density at radius 1 is 0.906 bits per heavy atom. The number of carbonyl (C=O) groups is 1. The number of Topliss-reactive ketones (excluding diaryl/α,β-unsaturated/α-hetero) is 1. The van der Waals surface area contributed by atoms with Gasteiger partial charge in [0.1, 0.15) is 23.6 Å². The zero-order chi connectivity index (χ0) is 24.3. The Hall–Kier alpha value is -2.39. The fourth-order valence-corrected chi connectivity index (χ4v) is 3.27. The van der Waals surface area contributed by atoms with Gasteiger partial charge in [0.25, 0.3) is 6.43 Å². The van der Waals surface area contributed by atoms with E-state index in [0.717, 1.165) is 6.92 Å². The highest BCUT2D eigenvalue weighted by Crippen LogP contribution is 2.35. The van der Waals surface area contributed by atoms with Gasteiger partial charge in [0, 0.05) is 6.42 Å².